The zero-order chi connectivity index (χ0) is 15.6. The minimum Gasteiger partial charge on any atom is -0.465 e. The van der Waals surface area contributed by atoms with Crippen molar-refractivity contribution < 1.29 is 26.4 Å². The molecule has 108 valence electrons. The number of nitriles is 1. The zero-order valence-electron chi connectivity index (χ0n) is 10.3. The van der Waals surface area contributed by atoms with E-state index < -0.39 is 41.1 Å². The second-order valence-electron chi connectivity index (χ2n) is 4.02. The van der Waals surface area contributed by atoms with Gasteiger partial charge in [0.2, 0.25) is 5.82 Å². The predicted molar refractivity (Wildman–Crippen MR) is 62.2 cm³/mol. The van der Waals surface area contributed by atoms with E-state index in [1.807, 2.05) is 0 Å². The largest absolute Gasteiger partial charge is 0.465 e. The molecule has 0 saturated heterocycles. The number of nitrogens with zero attached hydrogens (tertiary/aromatic N) is 1. The molecule has 21 heavy (non-hydrogen) atoms. The molecule has 0 N–H and O–H groups in total. The molecule has 2 aromatic rings. The van der Waals surface area contributed by atoms with Crippen LogP contribution >= 0.6 is 0 Å². The fraction of sp³-hybridized carbons (Fsp3) is 0.0714. The average Bonchev–Trinajstić information content (AvgIpc) is 2.99. The van der Waals surface area contributed by atoms with Crippen LogP contribution in [0.2, 0.25) is 0 Å². The molecule has 2 rings (SSSR count). The Morgan fingerprint density at radius 3 is 2.10 bits per heavy atom. The van der Waals surface area contributed by atoms with Crippen LogP contribution in [-0.2, 0) is 6.42 Å². The Kier molecular flexibility index (Phi) is 4.08. The van der Waals surface area contributed by atoms with Crippen LogP contribution in [-0.4, -0.2) is 0 Å². The van der Waals surface area contributed by atoms with Crippen LogP contribution in [0.1, 0.15) is 11.3 Å². The number of hydrogen-bond donors (Lipinski definition) is 0. The SMILES string of the molecule is N#C/C(=C\c1ccco1)Cc1c(F)c(F)c(F)c(F)c1F. The first-order chi connectivity index (χ1) is 9.95. The van der Waals surface area contributed by atoms with Gasteiger partial charge in [0.1, 0.15) is 5.76 Å². The molecule has 0 aliphatic rings. The van der Waals surface area contributed by atoms with E-state index in [0.717, 1.165) is 6.08 Å². The van der Waals surface area contributed by atoms with E-state index in [4.69, 9.17) is 9.68 Å². The summed E-state index contributed by atoms with van der Waals surface area (Å²) in [5, 5.41) is 8.89. The van der Waals surface area contributed by atoms with Crippen LogP contribution in [0.4, 0.5) is 22.0 Å². The lowest BCUT2D eigenvalue weighted by Gasteiger charge is -2.07. The van der Waals surface area contributed by atoms with Gasteiger partial charge in [-0.2, -0.15) is 5.26 Å². The van der Waals surface area contributed by atoms with Gasteiger partial charge in [0.25, 0.3) is 0 Å². The molecule has 1 aromatic heterocycles. The second kappa shape index (κ2) is 5.79. The lowest BCUT2D eigenvalue weighted by molar-refractivity contribution is 0.371. The Labute approximate surface area is 115 Å². The van der Waals surface area contributed by atoms with E-state index in [1.54, 1.807) is 6.07 Å². The molecule has 0 saturated carbocycles. The van der Waals surface area contributed by atoms with Crippen LogP contribution in [0.3, 0.4) is 0 Å². The lowest BCUT2D eigenvalue weighted by atomic mass is 10.0. The van der Waals surface area contributed by atoms with Crippen molar-refractivity contribution in [3.63, 3.8) is 0 Å². The summed E-state index contributed by atoms with van der Waals surface area (Å²) in [6.45, 7) is 0. The van der Waals surface area contributed by atoms with Crippen LogP contribution in [0.5, 0.6) is 0 Å². The minimum atomic E-state index is -2.23. The van der Waals surface area contributed by atoms with Gasteiger partial charge >= 0.3 is 0 Å². The average molecular weight is 299 g/mol. The molecule has 0 radical (unpaired) electrons. The maximum Gasteiger partial charge on any atom is 0.200 e. The zero-order valence-corrected chi connectivity index (χ0v) is 10.3. The van der Waals surface area contributed by atoms with Crippen LogP contribution in [0.25, 0.3) is 6.08 Å². The van der Waals surface area contributed by atoms with Gasteiger partial charge < -0.3 is 4.42 Å². The molecule has 0 bridgehead atoms. The molecule has 2 nitrogen and oxygen atoms in total. The van der Waals surface area contributed by atoms with E-state index in [1.165, 1.54) is 18.4 Å². The summed E-state index contributed by atoms with van der Waals surface area (Å²) in [5.41, 5.74) is -1.28. The smallest absolute Gasteiger partial charge is 0.200 e. The Hall–Kier alpha value is -2.62. The van der Waals surface area contributed by atoms with Crippen molar-refractivity contribution in [2.75, 3.05) is 0 Å². The fourth-order valence-corrected chi connectivity index (χ4v) is 1.66. The molecule has 0 fully saturated rings. The molecule has 1 aromatic carbocycles. The van der Waals surface area contributed by atoms with Crippen molar-refractivity contribution in [2.24, 2.45) is 0 Å². The third-order valence-electron chi connectivity index (χ3n) is 2.67. The van der Waals surface area contributed by atoms with E-state index in [2.05, 4.69) is 0 Å². The molecular weight excluding hydrogens is 293 g/mol. The van der Waals surface area contributed by atoms with Crippen molar-refractivity contribution in [3.8, 4) is 6.07 Å². The van der Waals surface area contributed by atoms with Crippen molar-refractivity contribution in [2.45, 2.75) is 6.42 Å². The third-order valence-corrected chi connectivity index (χ3v) is 2.67. The van der Waals surface area contributed by atoms with Crippen molar-refractivity contribution in [1.29, 1.82) is 5.26 Å². The summed E-state index contributed by atoms with van der Waals surface area (Å²) < 4.78 is 70.9. The van der Waals surface area contributed by atoms with E-state index in [9.17, 15) is 22.0 Å². The van der Waals surface area contributed by atoms with Crippen molar-refractivity contribution in [3.05, 3.63) is 64.4 Å². The topological polar surface area (TPSA) is 36.9 Å². The first-order valence-corrected chi connectivity index (χ1v) is 5.60. The van der Waals surface area contributed by atoms with Gasteiger partial charge in [0.05, 0.1) is 12.3 Å². The predicted octanol–water partition coefficient (Wildman–Crippen LogP) is 4.12. The molecular formula is C14H6F5NO. The van der Waals surface area contributed by atoms with E-state index >= 15 is 0 Å². The summed E-state index contributed by atoms with van der Waals surface area (Å²) in [4.78, 5) is 0. The summed E-state index contributed by atoms with van der Waals surface area (Å²) >= 11 is 0. The summed E-state index contributed by atoms with van der Waals surface area (Å²) in [6, 6.07) is 4.61. The van der Waals surface area contributed by atoms with Gasteiger partial charge in [0.15, 0.2) is 23.3 Å². The number of hydrogen-bond acceptors (Lipinski definition) is 2. The molecule has 0 aliphatic heterocycles. The highest BCUT2D eigenvalue weighted by Crippen LogP contribution is 2.25. The lowest BCUT2D eigenvalue weighted by Crippen LogP contribution is -2.07. The Bertz CT molecular complexity index is 715. The summed E-state index contributed by atoms with van der Waals surface area (Å²) in [6.07, 6.45) is 1.71. The first kappa shape index (κ1) is 14.8. The number of rotatable bonds is 3. The maximum absolute atomic E-state index is 13.5. The third kappa shape index (κ3) is 2.79. The fourth-order valence-electron chi connectivity index (χ4n) is 1.66. The molecule has 0 amide bonds. The van der Waals surface area contributed by atoms with Crippen LogP contribution in [0, 0.1) is 40.4 Å². The monoisotopic (exact) mass is 299 g/mol. The number of allylic oxidation sites excluding steroid dienone is 1. The normalized spacial score (nSPS) is 11.5. The molecule has 0 atom stereocenters. The van der Waals surface area contributed by atoms with Crippen LogP contribution < -0.4 is 0 Å². The van der Waals surface area contributed by atoms with Crippen molar-refractivity contribution in [1.82, 2.24) is 0 Å². The van der Waals surface area contributed by atoms with Gasteiger partial charge in [-0.05, 0) is 18.2 Å². The molecule has 1 heterocycles. The molecule has 0 unspecified atom stereocenters. The quantitative estimate of drug-likeness (QED) is 0.370. The van der Waals surface area contributed by atoms with Gasteiger partial charge in [-0.25, -0.2) is 22.0 Å². The highest BCUT2D eigenvalue weighted by Gasteiger charge is 2.26. The van der Waals surface area contributed by atoms with Crippen molar-refractivity contribution >= 4 is 6.08 Å². The molecule has 0 aliphatic carbocycles. The van der Waals surface area contributed by atoms with E-state index in [0.29, 0.717) is 0 Å². The number of furan rings is 1. The minimum absolute atomic E-state index is 0.215. The highest BCUT2D eigenvalue weighted by atomic mass is 19.2. The van der Waals surface area contributed by atoms with Gasteiger partial charge in [-0.3, -0.25) is 0 Å². The number of halogens is 5. The van der Waals surface area contributed by atoms with Gasteiger partial charge in [-0.1, -0.05) is 0 Å². The molecule has 7 heteroatoms. The Balaban J connectivity index is 2.46. The Morgan fingerprint density at radius 1 is 1.05 bits per heavy atom. The summed E-state index contributed by atoms with van der Waals surface area (Å²) in [7, 11) is 0. The van der Waals surface area contributed by atoms with E-state index in [-0.39, 0.29) is 11.3 Å². The van der Waals surface area contributed by atoms with Gasteiger partial charge in [-0.15, -0.1) is 0 Å². The molecule has 0 spiro atoms. The maximum atomic E-state index is 13.5. The Morgan fingerprint density at radius 2 is 1.62 bits per heavy atom. The first-order valence-electron chi connectivity index (χ1n) is 5.60. The summed E-state index contributed by atoms with van der Waals surface area (Å²) in [5.74, 6) is -10.0. The highest BCUT2D eigenvalue weighted by molar-refractivity contribution is 5.54. The van der Waals surface area contributed by atoms with Crippen LogP contribution in [0.15, 0.2) is 28.4 Å². The van der Waals surface area contributed by atoms with Gasteiger partial charge in [0, 0.05) is 17.6 Å². The second-order valence-corrected chi connectivity index (χ2v) is 4.02. The standard InChI is InChI=1S/C14H6F5NO/c15-10-9(11(16)13(18)14(19)12(10)17)5-7(6-20)4-8-2-1-3-21-8/h1-4H,5H2/b7-4-. The number of benzene rings is 1.